The number of rotatable bonds is 5. The maximum atomic E-state index is 9.86. The first-order chi connectivity index (χ1) is 8.65. The summed E-state index contributed by atoms with van der Waals surface area (Å²) in [5.74, 6) is 1.57. The van der Waals surface area contributed by atoms with Crippen LogP contribution >= 0.6 is 11.6 Å². The minimum Gasteiger partial charge on any atom is -0.491 e. The molecule has 1 unspecified atom stereocenters. The largest absolute Gasteiger partial charge is 0.491 e. The predicted octanol–water partition coefficient (Wildman–Crippen LogP) is 2.28. The van der Waals surface area contributed by atoms with Crippen LogP contribution in [0.25, 0.3) is 0 Å². The van der Waals surface area contributed by atoms with Gasteiger partial charge in [-0.2, -0.15) is 0 Å². The number of aliphatic hydroxyl groups excluding tert-OH is 1. The number of ether oxygens (including phenoxy) is 1. The van der Waals surface area contributed by atoms with E-state index in [1.54, 1.807) is 30.5 Å². The van der Waals surface area contributed by atoms with E-state index in [4.69, 9.17) is 16.3 Å². The molecule has 1 atom stereocenters. The van der Waals surface area contributed by atoms with E-state index in [1.165, 1.54) is 0 Å². The van der Waals surface area contributed by atoms with Crippen molar-refractivity contribution in [3.05, 3.63) is 47.5 Å². The maximum Gasteiger partial charge on any atom is 0.119 e. The quantitative estimate of drug-likeness (QED) is 0.903. The Hall–Kier alpha value is -1.52. The van der Waals surface area contributed by atoms with Gasteiger partial charge in [0.1, 0.15) is 24.3 Å². The zero-order valence-electron chi connectivity index (χ0n) is 10.1. The summed E-state index contributed by atoms with van der Waals surface area (Å²) in [6.45, 7) is 2.60. The molecule has 1 N–H and O–H groups in total. The lowest BCUT2D eigenvalue weighted by Crippen LogP contribution is -2.23. The molecule has 96 valence electrons. The molecule has 1 heterocycles. The minimum atomic E-state index is -0.575. The summed E-state index contributed by atoms with van der Waals surface area (Å²) in [5, 5.41) is 10.5. The Balaban J connectivity index is 1.83. The van der Waals surface area contributed by atoms with Crippen LogP contribution in [0.4, 0.5) is 0 Å². The van der Waals surface area contributed by atoms with E-state index in [1.807, 2.05) is 17.7 Å². The predicted molar refractivity (Wildman–Crippen MR) is 69.9 cm³/mol. The fourth-order valence-corrected chi connectivity index (χ4v) is 1.73. The van der Waals surface area contributed by atoms with Gasteiger partial charge in [0, 0.05) is 17.4 Å². The number of aromatic nitrogens is 2. The molecule has 0 spiro atoms. The van der Waals surface area contributed by atoms with Crippen LogP contribution in [0.3, 0.4) is 0 Å². The fraction of sp³-hybridized carbons (Fsp3) is 0.308. The van der Waals surface area contributed by atoms with Gasteiger partial charge < -0.3 is 14.4 Å². The third-order valence-electron chi connectivity index (χ3n) is 2.59. The number of nitrogens with zero attached hydrogens (tertiary/aromatic N) is 2. The Kier molecular flexibility index (Phi) is 4.23. The molecule has 0 amide bonds. The Labute approximate surface area is 111 Å². The van der Waals surface area contributed by atoms with Crippen molar-refractivity contribution in [2.24, 2.45) is 0 Å². The molecule has 1 aromatic carbocycles. The third kappa shape index (κ3) is 3.48. The van der Waals surface area contributed by atoms with Crippen LogP contribution in [0, 0.1) is 6.92 Å². The highest BCUT2D eigenvalue weighted by Gasteiger charge is 2.07. The van der Waals surface area contributed by atoms with Crippen LogP contribution in [0.15, 0.2) is 36.7 Å². The van der Waals surface area contributed by atoms with Crippen LogP contribution in [0.5, 0.6) is 5.75 Å². The SMILES string of the molecule is Cc1nccn1CC(O)COc1ccc(Cl)cc1. The monoisotopic (exact) mass is 266 g/mol. The second-order valence-corrected chi connectivity index (χ2v) is 4.48. The molecule has 2 rings (SSSR count). The Morgan fingerprint density at radius 2 is 2.11 bits per heavy atom. The molecule has 0 radical (unpaired) electrons. The van der Waals surface area contributed by atoms with Crippen molar-refractivity contribution in [3.63, 3.8) is 0 Å². The second-order valence-electron chi connectivity index (χ2n) is 4.05. The number of imidazole rings is 1. The summed E-state index contributed by atoms with van der Waals surface area (Å²) in [7, 11) is 0. The number of aryl methyl sites for hydroxylation is 1. The number of hydrogen-bond donors (Lipinski definition) is 1. The highest BCUT2D eigenvalue weighted by molar-refractivity contribution is 6.30. The molecular formula is C13H15ClN2O2. The van der Waals surface area contributed by atoms with Crippen LogP contribution in [-0.4, -0.2) is 27.4 Å². The lowest BCUT2D eigenvalue weighted by atomic mass is 10.3. The van der Waals surface area contributed by atoms with Gasteiger partial charge in [0.05, 0.1) is 6.54 Å². The lowest BCUT2D eigenvalue weighted by molar-refractivity contribution is 0.0919. The molecule has 18 heavy (non-hydrogen) atoms. The second kappa shape index (κ2) is 5.89. The fourth-order valence-electron chi connectivity index (χ4n) is 1.60. The Morgan fingerprint density at radius 1 is 1.39 bits per heavy atom. The highest BCUT2D eigenvalue weighted by atomic mass is 35.5. The average Bonchev–Trinajstić information content (AvgIpc) is 2.74. The number of aliphatic hydroxyl groups is 1. The van der Waals surface area contributed by atoms with Crippen LogP contribution in [0.1, 0.15) is 5.82 Å². The molecule has 0 saturated heterocycles. The van der Waals surface area contributed by atoms with E-state index < -0.39 is 6.10 Å². The third-order valence-corrected chi connectivity index (χ3v) is 2.84. The first-order valence-corrected chi connectivity index (χ1v) is 6.07. The van der Waals surface area contributed by atoms with Crippen molar-refractivity contribution in [3.8, 4) is 5.75 Å². The minimum absolute atomic E-state index is 0.235. The van der Waals surface area contributed by atoms with Crippen molar-refractivity contribution in [1.29, 1.82) is 0 Å². The summed E-state index contributed by atoms with van der Waals surface area (Å²) in [6.07, 6.45) is 2.97. The van der Waals surface area contributed by atoms with Gasteiger partial charge in [-0.05, 0) is 31.2 Å². The maximum absolute atomic E-state index is 9.86. The zero-order chi connectivity index (χ0) is 13.0. The van der Waals surface area contributed by atoms with Crippen molar-refractivity contribution >= 4 is 11.6 Å². The topological polar surface area (TPSA) is 47.3 Å². The van der Waals surface area contributed by atoms with Crippen molar-refractivity contribution in [1.82, 2.24) is 9.55 Å². The van der Waals surface area contributed by atoms with Gasteiger partial charge in [-0.15, -0.1) is 0 Å². The molecule has 0 aliphatic carbocycles. The zero-order valence-corrected chi connectivity index (χ0v) is 10.8. The van der Waals surface area contributed by atoms with Gasteiger partial charge in [-0.3, -0.25) is 0 Å². The van der Waals surface area contributed by atoms with E-state index in [0.717, 1.165) is 5.82 Å². The molecule has 0 fully saturated rings. The number of hydrogen-bond acceptors (Lipinski definition) is 3. The Bertz CT molecular complexity index is 496. The highest BCUT2D eigenvalue weighted by Crippen LogP contribution is 2.15. The van der Waals surface area contributed by atoms with Crippen molar-refractivity contribution in [2.45, 2.75) is 19.6 Å². The first-order valence-electron chi connectivity index (χ1n) is 5.69. The summed E-state index contributed by atoms with van der Waals surface area (Å²) in [5.41, 5.74) is 0. The average molecular weight is 267 g/mol. The van der Waals surface area contributed by atoms with E-state index in [0.29, 0.717) is 17.3 Å². The van der Waals surface area contributed by atoms with Gasteiger partial charge in [-0.25, -0.2) is 4.98 Å². The lowest BCUT2D eigenvalue weighted by Gasteiger charge is -2.13. The van der Waals surface area contributed by atoms with E-state index in [2.05, 4.69) is 4.98 Å². The van der Waals surface area contributed by atoms with Gasteiger partial charge >= 0.3 is 0 Å². The van der Waals surface area contributed by atoms with Crippen molar-refractivity contribution in [2.75, 3.05) is 6.61 Å². The molecule has 0 bridgehead atoms. The smallest absolute Gasteiger partial charge is 0.119 e. The molecular weight excluding hydrogens is 252 g/mol. The normalized spacial score (nSPS) is 12.4. The summed E-state index contributed by atoms with van der Waals surface area (Å²) >= 11 is 5.77. The summed E-state index contributed by atoms with van der Waals surface area (Å²) in [6, 6.07) is 7.06. The van der Waals surface area contributed by atoms with Crippen LogP contribution in [-0.2, 0) is 6.54 Å². The molecule has 5 heteroatoms. The molecule has 0 aliphatic heterocycles. The van der Waals surface area contributed by atoms with Gasteiger partial charge in [-0.1, -0.05) is 11.6 Å². The Morgan fingerprint density at radius 3 is 2.72 bits per heavy atom. The molecule has 4 nitrogen and oxygen atoms in total. The first kappa shape index (κ1) is 12.9. The van der Waals surface area contributed by atoms with E-state index in [9.17, 15) is 5.11 Å². The molecule has 2 aromatic rings. The van der Waals surface area contributed by atoms with Crippen LogP contribution in [0.2, 0.25) is 5.02 Å². The standard InChI is InChI=1S/C13H15ClN2O2/c1-10-15-6-7-16(10)8-12(17)9-18-13-4-2-11(14)3-5-13/h2-7,12,17H,8-9H2,1H3. The van der Waals surface area contributed by atoms with E-state index in [-0.39, 0.29) is 6.61 Å². The van der Waals surface area contributed by atoms with E-state index >= 15 is 0 Å². The van der Waals surface area contributed by atoms with Gasteiger partial charge in [0.25, 0.3) is 0 Å². The number of halogens is 1. The van der Waals surface area contributed by atoms with Crippen molar-refractivity contribution < 1.29 is 9.84 Å². The van der Waals surface area contributed by atoms with Gasteiger partial charge in [0.15, 0.2) is 0 Å². The summed E-state index contributed by atoms with van der Waals surface area (Å²) in [4.78, 5) is 4.09. The molecule has 1 aromatic heterocycles. The molecule has 0 aliphatic rings. The molecule has 0 saturated carbocycles. The van der Waals surface area contributed by atoms with Crippen LogP contribution < -0.4 is 4.74 Å². The van der Waals surface area contributed by atoms with Gasteiger partial charge in [0.2, 0.25) is 0 Å². The number of benzene rings is 1. The summed E-state index contributed by atoms with van der Waals surface area (Å²) < 4.78 is 7.35.